The number of hydrogen-bond acceptors (Lipinski definition) is 6. The van der Waals surface area contributed by atoms with Gasteiger partial charge in [0.05, 0.1) is 22.2 Å². The second-order valence-corrected chi connectivity index (χ2v) is 8.29. The molecule has 0 aliphatic rings. The first kappa shape index (κ1) is 21.0. The molecule has 2 heterocycles. The van der Waals surface area contributed by atoms with E-state index in [1.54, 1.807) is 4.40 Å². The van der Waals surface area contributed by atoms with E-state index < -0.39 is 0 Å². The van der Waals surface area contributed by atoms with Gasteiger partial charge < -0.3 is 14.2 Å². The number of imidazole rings is 1. The van der Waals surface area contributed by atoms with Crippen molar-refractivity contribution >= 4 is 33.4 Å². The van der Waals surface area contributed by atoms with Crippen molar-refractivity contribution in [1.82, 2.24) is 9.38 Å². The lowest BCUT2D eigenvalue weighted by molar-refractivity contribution is 0.208. The summed E-state index contributed by atoms with van der Waals surface area (Å²) < 4.78 is 19.6. The molecule has 2 aromatic heterocycles. The molecule has 0 amide bonds. The van der Waals surface area contributed by atoms with E-state index in [1.807, 2.05) is 85.8 Å². The molecule has 0 unspecified atom stereocenters. The van der Waals surface area contributed by atoms with Gasteiger partial charge in [0.15, 0.2) is 16.5 Å². The fourth-order valence-corrected chi connectivity index (χ4v) is 4.58. The zero-order valence-corrected chi connectivity index (χ0v) is 18.9. The van der Waals surface area contributed by atoms with Crippen molar-refractivity contribution < 1.29 is 14.2 Å². The molecule has 0 fully saturated rings. The maximum absolute atomic E-state index is 13.0. The molecule has 3 aromatic carbocycles. The fourth-order valence-electron chi connectivity index (χ4n) is 3.59. The minimum atomic E-state index is -0.0694. The first-order valence-corrected chi connectivity index (χ1v) is 11.5. The van der Waals surface area contributed by atoms with Crippen molar-refractivity contribution in [2.75, 3.05) is 19.8 Å². The third kappa shape index (κ3) is 4.40. The van der Waals surface area contributed by atoms with Gasteiger partial charge in [0.25, 0.3) is 5.56 Å². The van der Waals surface area contributed by atoms with Gasteiger partial charge in [-0.3, -0.25) is 4.79 Å². The largest absolute Gasteiger partial charge is 0.490 e. The maximum Gasteiger partial charge on any atom is 0.274 e. The van der Waals surface area contributed by atoms with Crippen molar-refractivity contribution in [1.29, 1.82) is 0 Å². The van der Waals surface area contributed by atoms with Crippen LogP contribution in [0.4, 0.5) is 0 Å². The summed E-state index contributed by atoms with van der Waals surface area (Å²) in [5, 5.41) is 0. The SMILES string of the molecule is CCOc1cc(/C=c2\sc3nc4ccccc4n3c2=O)ccc1OCCOc1ccccc1. The van der Waals surface area contributed by atoms with E-state index in [0.717, 1.165) is 22.3 Å². The predicted octanol–water partition coefficient (Wildman–Crippen LogP) is 4.31. The predicted molar refractivity (Wildman–Crippen MR) is 131 cm³/mol. The normalized spacial score (nSPS) is 11.8. The van der Waals surface area contributed by atoms with E-state index in [2.05, 4.69) is 4.98 Å². The molecule has 166 valence electrons. The van der Waals surface area contributed by atoms with Crippen LogP contribution in [0.3, 0.4) is 0 Å². The van der Waals surface area contributed by atoms with Crippen LogP contribution in [0.1, 0.15) is 12.5 Å². The number of hydrogen-bond donors (Lipinski definition) is 0. The molecule has 0 aliphatic heterocycles. The molecule has 33 heavy (non-hydrogen) atoms. The van der Waals surface area contributed by atoms with E-state index in [4.69, 9.17) is 14.2 Å². The Morgan fingerprint density at radius 2 is 1.70 bits per heavy atom. The summed E-state index contributed by atoms with van der Waals surface area (Å²) in [7, 11) is 0. The molecule has 0 saturated carbocycles. The summed E-state index contributed by atoms with van der Waals surface area (Å²) in [6, 6.07) is 22.9. The third-order valence-corrected chi connectivity index (χ3v) is 6.03. The van der Waals surface area contributed by atoms with Crippen molar-refractivity contribution in [3.8, 4) is 17.2 Å². The molecule has 5 aromatic rings. The Morgan fingerprint density at radius 1 is 0.909 bits per heavy atom. The Balaban J connectivity index is 1.37. The highest BCUT2D eigenvalue weighted by Gasteiger charge is 2.11. The Kier molecular flexibility index (Phi) is 5.95. The monoisotopic (exact) mass is 458 g/mol. The summed E-state index contributed by atoms with van der Waals surface area (Å²) in [5.41, 5.74) is 2.44. The molecule has 0 aliphatic carbocycles. The van der Waals surface area contributed by atoms with E-state index in [0.29, 0.717) is 40.8 Å². The molecule has 0 spiro atoms. The highest BCUT2D eigenvalue weighted by atomic mass is 32.1. The summed E-state index contributed by atoms with van der Waals surface area (Å²) in [6.45, 7) is 3.24. The average Bonchev–Trinajstić information content (AvgIpc) is 3.35. The number of thiazole rings is 1. The van der Waals surface area contributed by atoms with Crippen LogP contribution in [0.25, 0.3) is 22.1 Å². The van der Waals surface area contributed by atoms with E-state index in [-0.39, 0.29) is 5.56 Å². The Hall–Kier alpha value is -3.84. The Morgan fingerprint density at radius 3 is 2.55 bits per heavy atom. The number of aromatic nitrogens is 2. The van der Waals surface area contributed by atoms with Gasteiger partial charge in [-0.15, -0.1) is 0 Å². The van der Waals surface area contributed by atoms with Crippen LogP contribution in [0.5, 0.6) is 17.2 Å². The Bertz CT molecular complexity index is 1510. The van der Waals surface area contributed by atoms with Gasteiger partial charge in [-0.05, 0) is 55.0 Å². The molecule has 5 rings (SSSR count). The van der Waals surface area contributed by atoms with Gasteiger partial charge >= 0.3 is 0 Å². The van der Waals surface area contributed by atoms with Gasteiger partial charge in [0, 0.05) is 0 Å². The number of para-hydroxylation sites is 3. The molecule has 6 nitrogen and oxygen atoms in total. The summed E-state index contributed by atoms with van der Waals surface area (Å²) >= 11 is 1.38. The lowest BCUT2D eigenvalue weighted by atomic mass is 10.2. The van der Waals surface area contributed by atoms with E-state index in [9.17, 15) is 4.79 Å². The number of benzene rings is 3. The number of fused-ring (bicyclic) bond motifs is 3. The van der Waals surface area contributed by atoms with Crippen LogP contribution >= 0.6 is 11.3 Å². The second kappa shape index (κ2) is 9.34. The summed E-state index contributed by atoms with van der Waals surface area (Å²) in [4.78, 5) is 18.3. The maximum atomic E-state index is 13.0. The van der Waals surface area contributed by atoms with Crippen LogP contribution in [0.15, 0.2) is 77.6 Å². The lowest BCUT2D eigenvalue weighted by Gasteiger charge is -2.13. The highest BCUT2D eigenvalue weighted by Crippen LogP contribution is 2.29. The zero-order chi connectivity index (χ0) is 22.6. The molecule has 7 heteroatoms. The first-order chi connectivity index (χ1) is 16.2. The minimum absolute atomic E-state index is 0.0694. The minimum Gasteiger partial charge on any atom is -0.490 e. The first-order valence-electron chi connectivity index (χ1n) is 10.7. The van der Waals surface area contributed by atoms with Crippen LogP contribution in [0, 0.1) is 0 Å². The zero-order valence-electron chi connectivity index (χ0n) is 18.1. The fraction of sp³-hybridized carbons (Fsp3) is 0.154. The quantitative estimate of drug-likeness (QED) is 0.324. The van der Waals surface area contributed by atoms with Gasteiger partial charge in [0.2, 0.25) is 0 Å². The van der Waals surface area contributed by atoms with E-state index >= 15 is 0 Å². The van der Waals surface area contributed by atoms with E-state index in [1.165, 1.54) is 11.3 Å². The molecular weight excluding hydrogens is 436 g/mol. The van der Waals surface area contributed by atoms with Crippen molar-refractivity contribution in [3.05, 3.63) is 93.2 Å². The van der Waals surface area contributed by atoms with Crippen molar-refractivity contribution in [2.24, 2.45) is 0 Å². The third-order valence-electron chi connectivity index (χ3n) is 5.06. The van der Waals surface area contributed by atoms with Crippen LogP contribution in [0.2, 0.25) is 0 Å². The summed E-state index contributed by atoms with van der Waals surface area (Å²) in [5.74, 6) is 2.07. The molecule has 0 N–H and O–H groups in total. The highest BCUT2D eigenvalue weighted by molar-refractivity contribution is 7.15. The lowest BCUT2D eigenvalue weighted by Crippen LogP contribution is -2.22. The van der Waals surface area contributed by atoms with Crippen LogP contribution in [-0.4, -0.2) is 29.2 Å². The molecule has 0 radical (unpaired) electrons. The van der Waals surface area contributed by atoms with Gasteiger partial charge in [-0.2, -0.15) is 0 Å². The Labute approximate surface area is 194 Å². The van der Waals surface area contributed by atoms with Gasteiger partial charge in [0.1, 0.15) is 19.0 Å². The molecule has 0 bridgehead atoms. The average molecular weight is 459 g/mol. The smallest absolute Gasteiger partial charge is 0.274 e. The molecule has 0 atom stereocenters. The van der Waals surface area contributed by atoms with Gasteiger partial charge in [-0.25, -0.2) is 9.38 Å². The van der Waals surface area contributed by atoms with Crippen LogP contribution < -0.4 is 24.3 Å². The second-order valence-electron chi connectivity index (χ2n) is 7.28. The summed E-state index contributed by atoms with van der Waals surface area (Å²) in [6.07, 6.45) is 1.86. The van der Waals surface area contributed by atoms with Crippen molar-refractivity contribution in [3.63, 3.8) is 0 Å². The van der Waals surface area contributed by atoms with Crippen LogP contribution in [-0.2, 0) is 0 Å². The number of rotatable bonds is 8. The molecular formula is C26H22N2O4S. The van der Waals surface area contributed by atoms with Gasteiger partial charge in [-0.1, -0.05) is 47.7 Å². The topological polar surface area (TPSA) is 62.1 Å². The van der Waals surface area contributed by atoms with Crippen molar-refractivity contribution in [2.45, 2.75) is 6.92 Å². The number of ether oxygens (including phenoxy) is 3. The standard InChI is InChI=1S/C26H22N2O4S/c1-2-30-23-16-18(12-13-22(23)32-15-14-31-19-8-4-3-5-9-19)17-24-25(29)28-21-11-7-6-10-20(21)27-26(28)33-24/h3-13,16-17H,2,14-15H2,1H3/b24-17-. The number of nitrogens with zero attached hydrogens (tertiary/aromatic N) is 2. The molecule has 0 saturated heterocycles.